The number of amides is 1. The highest BCUT2D eigenvalue weighted by atomic mass is 16.5. The highest BCUT2D eigenvalue weighted by Crippen LogP contribution is 2.30. The quantitative estimate of drug-likeness (QED) is 0.578. The Kier molecular flexibility index (Phi) is 3.86. The first-order valence-corrected chi connectivity index (χ1v) is 8.10. The van der Waals surface area contributed by atoms with Gasteiger partial charge in [-0.15, -0.1) is 0 Å². The maximum Gasteiger partial charge on any atom is 0.262 e. The first-order chi connectivity index (χ1) is 12.2. The van der Waals surface area contributed by atoms with Crippen molar-refractivity contribution in [2.45, 2.75) is 6.92 Å². The molecule has 0 aliphatic carbocycles. The smallest absolute Gasteiger partial charge is 0.262 e. The van der Waals surface area contributed by atoms with Crippen molar-refractivity contribution >= 4 is 33.5 Å². The fourth-order valence-corrected chi connectivity index (χ4v) is 2.85. The second-order valence-corrected chi connectivity index (χ2v) is 5.96. The van der Waals surface area contributed by atoms with Gasteiger partial charge in [0.05, 0.1) is 0 Å². The average molecular weight is 331 g/mol. The van der Waals surface area contributed by atoms with Crippen molar-refractivity contribution in [3.8, 4) is 5.75 Å². The number of nitrogens with one attached hydrogen (secondary N) is 1. The lowest BCUT2D eigenvalue weighted by atomic mass is 10.1. The van der Waals surface area contributed by atoms with Crippen molar-refractivity contribution in [3.63, 3.8) is 0 Å². The van der Waals surface area contributed by atoms with E-state index in [0.717, 1.165) is 33.2 Å². The standard InChI is InChI=1S/C21H17NO3/c1-14-5-4-6-16(11-14)24-13-21(23)22-15-9-10-20-18(12-15)17-7-2-3-8-19(17)25-20/h2-12H,13H2,1H3,(H,22,23). The van der Waals surface area contributed by atoms with Gasteiger partial charge in [-0.1, -0.05) is 30.3 Å². The van der Waals surface area contributed by atoms with Gasteiger partial charge in [-0.3, -0.25) is 4.79 Å². The molecular weight excluding hydrogens is 314 g/mol. The summed E-state index contributed by atoms with van der Waals surface area (Å²) in [6.45, 7) is 1.95. The summed E-state index contributed by atoms with van der Waals surface area (Å²) in [7, 11) is 0. The van der Waals surface area contributed by atoms with Crippen LogP contribution in [0.15, 0.2) is 71.1 Å². The molecule has 4 heteroatoms. The Morgan fingerprint density at radius 2 is 1.80 bits per heavy atom. The van der Waals surface area contributed by atoms with Gasteiger partial charge in [0, 0.05) is 16.5 Å². The largest absolute Gasteiger partial charge is 0.484 e. The first-order valence-electron chi connectivity index (χ1n) is 8.10. The molecule has 0 radical (unpaired) electrons. The van der Waals surface area contributed by atoms with Gasteiger partial charge in [0.1, 0.15) is 16.9 Å². The Labute approximate surface area is 145 Å². The summed E-state index contributed by atoms with van der Waals surface area (Å²) in [5.74, 6) is 0.486. The predicted octanol–water partition coefficient (Wildman–Crippen LogP) is 4.91. The molecular formula is C21H17NO3. The zero-order valence-electron chi connectivity index (χ0n) is 13.8. The van der Waals surface area contributed by atoms with Crippen LogP contribution in [0.1, 0.15) is 5.56 Å². The molecule has 1 N–H and O–H groups in total. The summed E-state index contributed by atoms with van der Waals surface area (Å²) in [6, 6.07) is 21.1. The molecule has 0 saturated heterocycles. The van der Waals surface area contributed by atoms with Gasteiger partial charge in [0.15, 0.2) is 6.61 Å². The molecule has 0 aliphatic heterocycles. The molecule has 0 spiro atoms. The van der Waals surface area contributed by atoms with E-state index in [2.05, 4.69) is 5.32 Å². The van der Waals surface area contributed by atoms with Crippen LogP contribution in [0.2, 0.25) is 0 Å². The van der Waals surface area contributed by atoms with Gasteiger partial charge in [-0.2, -0.15) is 0 Å². The second-order valence-electron chi connectivity index (χ2n) is 5.96. The molecule has 0 unspecified atom stereocenters. The number of hydrogen-bond donors (Lipinski definition) is 1. The zero-order chi connectivity index (χ0) is 17.2. The molecule has 3 aromatic carbocycles. The monoisotopic (exact) mass is 331 g/mol. The molecule has 4 nitrogen and oxygen atoms in total. The third-order valence-corrected chi connectivity index (χ3v) is 4.02. The number of para-hydroxylation sites is 1. The summed E-state index contributed by atoms with van der Waals surface area (Å²) in [4.78, 5) is 12.1. The fourth-order valence-electron chi connectivity index (χ4n) is 2.85. The van der Waals surface area contributed by atoms with Gasteiger partial charge in [0.25, 0.3) is 5.91 Å². The number of rotatable bonds is 4. The van der Waals surface area contributed by atoms with Crippen LogP contribution in [0.3, 0.4) is 0 Å². The van der Waals surface area contributed by atoms with Gasteiger partial charge in [-0.25, -0.2) is 0 Å². The number of carbonyl (C=O) groups is 1. The predicted molar refractivity (Wildman–Crippen MR) is 99.0 cm³/mol. The molecule has 0 saturated carbocycles. The SMILES string of the molecule is Cc1cccc(OCC(=O)Nc2ccc3oc4ccccc4c3c2)c1. The Balaban J connectivity index is 1.50. The van der Waals surface area contributed by atoms with E-state index in [1.807, 2.05) is 73.7 Å². The van der Waals surface area contributed by atoms with Crippen LogP contribution in [0.25, 0.3) is 21.9 Å². The molecule has 1 aromatic heterocycles. The lowest BCUT2D eigenvalue weighted by Gasteiger charge is -2.08. The van der Waals surface area contributed by atoms with E-state index >= 15 is 0 Å². The minimum absolute atomic E-state index is 0.0341. The summed E-state index contributed by atoms with van der Waals surface area (Å²) >= 11 is 0. The molecule has 1 heterocycles. The van der Waals surface area contributed by atoms with Crippen molar-refractivity contribution in [1.29, 1.82) is 0 Å². The molecule has 0 bridgehead atoms. The molecule has 0 atom stereocenters. The number of aryl methyl sites for hydroxylation is 1. The normalized spacial score (nSPS) is 10.9. The summed E-state index contributed by atoms with van der Waals surface area (Å²) in [5.41, 5.74) is 3.45. The number of benzene rings is 3. The van der Waals surface area contributed by atoms with E-state index in [1.165, 1.54) is 0 Å². The van der Waals surface area contributed by atoms with Crippen LogP contribution in [0.4, 0.5) is 5.69 Å². The molecule has 25 heavy (non-hydrogen) atoms. The Morgan fingerprint density at radius 1 is 0.960 bits per heavy atom. The van der Waals surface area contributed by atoms with Gasteiger partial charge in [-0.05, 0) is 48.9 Å². The lowest BCUT2D eigenvalue weighted by molar-refractivity contribution is -0.118. The highest BCUT2D eigenvalue weighted by molar-refractivity contribution is 6.07. The van der Waals surface area contributed by atoms with Crippen molar-refractivity contribution in [2.75, 3.05) is 11.9 Å². The summed E-state index contributed by atoms with van der Waals surface area (Å²) in [5, 5.41) is 4.88. The number of ether oxygens (including phenoxy) is 1. The van der Waals surface area contributed by atoms with Crippen LogP contribution in [-0.4, -0.2) is 12.5 Å². The molecule has 4 aromatic rings. The topological polar surface area (TPSA) is 51.5 Å². The van der Waals surface area contributed by atoms with Crippen molar-refractivity contribution in [1.82, 2.24) is 0 Å². The maximum atomic E-state index is 12.1. The van der Waals surface area contributed by atoms with Gasteiger partial charge in [0.2, 0.25) is 0 Å². The minimum Gasteiger partial charge on any atom is -0.484 e. The second kappa shape index (κ2) is 6.32. The minimum atomic E-state index is -0.200. The van der Waals surface area contributed by atoms with E-state index in [4.69, 9.17) is 9.15 Å². The van der Waals surface area contributed by atoms with E-state index in [0.29, 0.717) is 5.75 Å². The Morgan fingerprint density at radius 3 is 2.68 bits per heavy atom. The summed E-state index contributed by atoms with van der Waals surface area (Å²) < 4.78 is 11.3. The van der Waals surface area contributed by atoms with Gasteiger partial charge < -0.3 is 14.5 Å². The third-order valence-electron chi connectivity index (χ3n) is 4.02. The summed E-state index contributed by atoms with van der Waals surface area (Å²) in [6.07, 6.45) is 0. The van der Waals surface area contributed by atoms with Crippen LogP contribution in [0, 0.1) is 6.92 Å². The number of anilines is 1. The maximum absolute atomic E-state index is 12.1. The van der Waals surface area contributed by atoms with Crippen molar-refractivity contribution in [3.05, 3.63) is 72.3 Å². The van der Waals surface area contributed by atoms with Crippen molar-refractivity contribution in [2.24, 2.45) is 0 Å². The number of carbonyl (C=O) groups excluding carboxylic acids is 1. The third kappa shape index (κ3) is 3.19. The molecule has 124 valence electrons. The van der Waals surface area contributed by atoms with E-state index in [1.54, 1.807) is 0 Å². The van der Waals surface area contributed by atoms with Crippen LogP contribution in [-0.2, 0) is 4.79 Å². The van der Waals surface area contributed by atoms with Gasteiger partial charge >= 0.3 is 0 Å². The molecule has 0 fully saturated rings. The number of fused-ring (bicyclic) bond motifs is 3. The average Bonchev–Trinajstić information content (AvgIpc) is 2.98. The lowest BCUT2D eigenvalue weighted by Crippen LogP contribution is -2.20. The van der Waals surface area contributed by atoms with Crippen LogP contribution >= 0.6 is 0 Å². The number of hydrogen-bond acceptors (Lipinski definition) is 3. The Hall–Kier alpha value is -3.27. The van der Waals surface area contributed by atoms with E-state index in [-0.39, 0.29) is 12.5 Å². The molecule has 4 rings (SSSR count). The van der Waals surface area contributed by atoms with Crippen LogP contribution < -0.4 is 10.1 Å². The zero-order valence-corrected chi connectivity index (χ0v) is 13.8. The van der Waals surface area contributed by atoms with Crippen molar-refractivity contribution < 1.29 is 13.9 Å². The van der Waals surface area contributed by atoms with Crippen LogP contribution in [0.5, 0.6) is 5.75 Å². The fraction of sp³-hybridized carbons (Fsp3) is 0.0952. The Bertz CT molecular complexity index is 1070. The molecule has 1 amide bonds. The van der Waals surface area contributed by atoms with E-state index in [9.17, 15) is 4.79 Å². The molecule has 0 aliphatic rings. The highest BCUT2D eigenvalue weighted by Gasteiger charge is 2.09. The number of furan rings is 1. The first kappa shape index (κ1) is 15.3. The van der Waals surface area contributed by atoms with E-state index < -0.39 is 0 Å².